The molecule has 18 heavy (non-hydrogen) atoms. The number of nitrogens with one attached hydrogen (secondary N) is 1. The molecule has 0 saturated heterocycles. The van der Waals surface area contributed by atoms with Crippen molar-refractivity contribution < 1.29 is 4.79 Å². The molecule has 92 valence electrons. The number of hydrogen-bond acceptors (Lipinski definition) is 3. The Kier molecular flexibility index (Phi) is 4.61. The maximum Gasteiger partial charge on any atom is 0.234 e. The Morgan fingerprint density at radius 1 is 1.28 bits per heavy atom. The van der Waals surface area contributed by atoms with Crippen molar-refractivity contribution in [2.75, 3.05) is 11.1 Å². The second kappa shape index (κ2) is 6.42. The minimum absolute atomic E-state index is 0.0760. The molecule has 0 aliphatic carbocycles. The number of amides is 1. The molecule has 0 fully saturated rings. The van der Waals surface area contributed by atoms with Gasteiger partial charge in [-0.3, -0.25) is 4.79 Å². The minimum atomic E-state index is -0.0760. The van der Waals surface area contributed by atoms with Crippen molar-refractivity contribution in [2.45, 2.75) is 5.03 Å². The van der Waals surface area contributed by atoms with E-state index in [1.165, 1.54) is 11.8 Å². The lowest BCUT2D eigenvalue weighted by atomic mass is 10.3. The summed E-state index contributed by atoms with van der Waals surface area (Å²) >= 11 is 7.23. The van der Waals surface area contributed by atoms with E-state index in [4.69, 9.17) is 11.6 Å². The monoisotopic (exact) mass is 278 g/mol. The van der Waals surface area contributed by atoms with Crippen LogP contribution in [0.1, 0.15) is 0 Å². The highest BCUT2D eigenvalue weighted by atomic mass is 35.5. The first-order chi connectivity index (χ1) is 8.74. The van der Waals surface area contributed by atoms with Crippen LogP contribution < -0.4 is 5.32 Å². The lowest BCUT2D eigenvalue weighted by Crippen LogP contribution is -2.13. The van der Waals surface area contributed by atoms with Gasteiger partial charge in [-0.25, -0.2) is 4.98 Å². The molecule has 0 bridgehead atoms. The molecule has 0 atom stereocenters. The number of halogens is 1. The van der Waals surface area contributed by atoms with Gasteiger partial charge < -0.3 is 5.32 Å². The van der Waals surface area contributed by atoms with E-state index >= 15 is 0 Å². The maximum absolute atomic E-state index is 11.7. The van der Waals surface area contributed by atoms with Gasteiger partial charge in [-0.15, -0.1) is 0 Å². The van der Waals surface area contributed by atoms with Gasteiger partial charge in [0.1, 0.15) is 0 Å². The molecule has 1 aromatic carbocycles. The number of benzene rings is 1. The van der Waals surface area contributed by atoms with Crippen molar-refractivity contribution in [1.29, 1.82) is 0 Å². The average Bonchev–Trinajstić information content (AvgIpc) is 2.38. The third kappa shape index (κ3) is 4.05. The Morgan fingerprint density at radius 3 is 2.89 bits per heavy atom. The summed E-state index contributed by atoms with van der Waals surface area (Å²) in [4.78, 5) is 15.8. The molecule has 1 N–H and O–H groups in total. The van der Waals surface area contributed by atoms with E-state index in [0.29, 0.717) is 16.5 Å². The van der Waals surface area contributed by atoms with Crippen LogP contribution in [-0.4, -0.2) is 16.6 Å². The number of hydrogen-bond donors (Lipinski definition) is 1. The number of thioether (sulfide) groups is 1. The molecule has 0 aliphatic heterocycles. The molecule has 0 unspecified atom stereocenters. The summed E-state index contributed by atoms with van der Waals surface area (Å²) in [6.07, 6.45) is 1.71. The highest BCUT2D eigenvalue weighted by molar-refractivity contribution is 7.99. The van der Waals surface area contributed by atoms with E-state index in [0.717, 1.165) is 5.03 Å². The number of carbonyl (C=O) groups is 1. The van der Waals surface area contributed by atoms with Crippen molar-refractivity contribution in [1.82, 2.24) is 4.98 Å². The van der Waals surface area contributed by atoms with Crippen LogP contribution in [0.25, 0.3) is 0 Å². The lowest BCUT2D eigenvalue weighted by Gasteiger charge is -2.05. The first-order valence-corrected chi connectivity index (χ1v) is 6.69. The Hall–Kier alpha value is -1.52. The zero-order valence-corrected chi connectivity index (χ0v) is 11.0. The summed E-state index contributed by atoms with van der Waals surface area (Å²) in [5, 5.41) is 4.22. The Morgan fingerprint density at radius 2 is 2.17 bits per heavy atom. The van der Waals surface area contributed by atoms with E-state index in [1.54, 1.807) is 30.5 Å². The van der Waals surface area contributed by atoms with Gasteiger partial charge in [0.05, 0.1) is 10.8 Å². The highest BCUT2D eigenvalue weighted by Gasteiger charge is 2.04. The predicted octanol–water partition coefficient (Wildman–Crippen LogP) is 3.47. The minimum Gasteiger partial charge on any atom is -0.325 e. The summed E-state index contributed by atoms with van der Waals surface area (Å²) in [5.41, 5.74) is 0.703. The van der Waals surface area contributed by atoms with Crippen molar-refractivity contribution in [3.63, 3.8) is 0 Å². The van der Waals surface area contributed by atoms with Crippen LogP contribution in [0.4, 0.5) is 5.69 Å². The molecular weight excluding hydrogens is 268 g/mol. The van der Waals surface area contributed by atoms with E-state index in [1.807, 2.05) is 18.2 Å². The van der Waals surface area contributed by atoms with Crippen molar-refractivity contribution in [3.8, 4) is 0 Å². The fraction of sp³-hybridized carbons (Fsp3) is 0.0769. The number of anilines is 1. The second-order valence-electron chi connectivity index (χ2n) is 3.52. The third-order valence-electron chi connectivity index (χ3n) is 2.10. The summed E-state index contributed by atoms with van der Waals surface area (Å²) in [6, 6.07) is 12.7. The van der Waals surface area contributed by atoms with Crippen molar-refractivity contribution >= 4 is 35.0 Å². The molecule has 0 aliphatic rings. The Labute approximate surface area is 115 Å². The zero-order chi connectivity index (χ0) is 12.8. The van der Waals surface area contributed by atoms with Crippen LogP contribution >= 0.6 is 23.4 Å². The number of carbonyl (C=O) groups excluding carboxylic acids is 1. The smallest absolute Gasteiger partial charge is 0.234 e. The molecule has 0 spiro atoms. The average molecular weight is 279 g/mol. The molecular formula is C13H11ClN2OS. The molecule has 1 heterocycles. The largest absolute Gasteiger partial charge is 0.325 e. The van der Waals surface area contributed by atoms with Gasteiger partial charge in [0.2, 0.25) is 5.91 Å². The van der Waals surface area contributed by atoms with Gasteiger partial charge in [0, 0.05) is 16.9 Å². The molecule has 1 aromatic heterocycles. The standard InChI is InChI=1S/C13H11ClN2OS/c14-10-4-3-5-11(8-10)16-12(17)9-18-13-6-1-2-7-15-13/h1-8H,9H2,(H,16,17). The maximum atomic E-state index is 11.7. The molecule has 5 heteroatoms. The SMILES string of the molecule is O=C(CSc1ccccn1)Nc1cccc(Cl)c1. The molecule has 2 rings (SSSR count). The normalized spacial score (nSPS) is 10.1. The van der Waals surface area contributed by atoms with E-state index < -0.39 is 0 Å². The Balaban J connectivity index is 1.86. The van der Waals surface area contributed by atoms with Crippen LogP contribution in [0.15, 0.2) is 53.7 Å². The topological polar surface area (TPSA) is 42.0 Å². The van der Waals surface area contributed by atoms with Gasteiger partial charge in [0.25, 0.3) is 0 Å². The number of nitrogens with zero attached hydrogens (tertiary/aromatic N) is 1. The first kappa shape index (κ1) is 12.9. The van der Waals surface area contributed by atoms with Gasteiger partial charge in [-0.1, -0.05) is 35.5 Å². The molecule has 1 amide bonds. The summed E-state index contributed by atoms with van der Waals surface area (Å²) in [7, 11) is 0. The van der Waals surface area contributed by atoms with Crippen molar-refractivity contribution in [2.24, 2.45) is 0 Å². The molecule has 0 radical (unpaired) electrons. The summed E-state index contributed by atoms with van der Waals surface area (Å²) < 4.78 is 0. The summed E-state index contributed by atoms with van der Waals surface area (Å²) in [6.45, 7) is 0. The van der Waals surface area contributed by atoms with E-state index in [-0.39, 0.29) is 5.91 Å². The first-order valence-electron chi connectivity index (χ1n) is 5.33. The van der Waals surface area contributed by atoms with Crippen LogP contribution in [0, 0.1) is 0 Å². The molecule has 2 aromatic rings. The lowest BCUT2D eigenvalue weighted by molar-refractivity contribution is -0.113. The zero-order valence-electron chi connectivity index (χ0n) is 9.47. The molecule has 0 saturated carbocycles. The predicted molar refractivity (Wildman–Crippen MR) is 75.0 cm³/mol. The van der Waals surface area contributed by atoms with Crippen LogP contribution in [0.3, 0.4) is 0 Å². The second-order valence-corrected chi connectivity index (χ2v) is 4.95. The van der Waals surface area contributed by atoms with E-state index in [9.17, 15) is 4.79 Å². The fourth-order valence-electron chi connectivity index (χ4n) is 1.34. The quantitative estimate of drug-likeness (QED) is 0.871. The fourth-order valence-corrected chi connectivity index (χ4v) is 2.19. The van der Waals surface area contributed by atoms with Gasteiger partial charge in [-0.2, -0.15) is 0 Å². The third-order valence-corrected chi connectivity index (χ3v) is 3.28. The molecule has 3 nitrogen and oxygen atoms in total. The Bertz CT molecular complexity index is 534. The number of rotatable bonds is 4. The van der Waals surface area contributed by atoms with Crippen LogP contribution in [0.5, 0.6) is 0 Å². The van der Waals surface area contributed by atoms with Gasteiger partial charge in [0.15, 0.2) is 0 Å². The summed E-state index contributed by atoms with van der Waals surface area (Å²) in [5.74, 6) is 0.247. The van der Waals surface area contributed by atoms with Crippen molar-refractivity contribution in [3.05, 3.63) is 53.7 Å². The van der Waals surface area contributed by atoms with Gasteiger partial charge in [-0.05, 0) is 30.3 Å². The number of pyridine rings is 1. The van der Waals surface area contributed by atoms with Gasteiger partial charge >= 0.3 is 0 Å². The van der Waals surface area contributed by atoms with Crippen LogP contribution in [0.2, 0.25) is 5.02 Å². The van der Waals surface area contributed by atoms with E-state index in [2.05, 4.69) is 10.3 Å². The number of aromatic nitrogens is 1. The highest BCUT2D eigenvalue weighted by Crippen LogP contribution is 2.17. The van der Waals surface area contributed by atoms with Crippen LogP contribution in [-0.2, 0) is 4.79 Å².